The lowest BCUT2D eigenvalue weighted by Crippen LogP contribution is -2.34. The van der Waals surface area contributed by atoms with Crippen molar-refractivity contribution >= 4 is 28.9 Å². The zero-order valence-corrected chi connectivity index (χ0v) is 21.1. The maximum atomic E-state index is 11.7. The molecule has 0 radical (unpaired) electrons. The number of nitrogens with one attached hydrogen (secondary N) is 1. The average Bonchev–Trinajstić information content (AvgIpc) is 3.29. The van der Waals surface area contributed by atoms with Crippen molar-refractivity contribution in [2.45, 2.75) is 12.5 Å². The van der Waals surface area contributed by atoms with Gasteiger partial charge in [0.25, 0.3) is 0 Å². The Hall–Kier alpha value is -3.90. The lowest BCUT2D eigenvalue weighted by Gasteiger charge is -2.33. The van der Waals surface area contributed by atoms with Crippen LogP contribution in [0, 0.1) is 0 Å². The first-order chi connectivity index (χ1) is 17.6. The molecule has 1 aliphatic rings. The van der Waals surface area contributed by atoms with Crippen LogP contribution in [0.25, 0.3) is 10.9 Å². The van der Waals surface area contributed by atoms with Crippen molar-refractivity contribution in [3.05, 3.63) is 101 Å². The number of benzene rings is 3. The van der Waals surface area contributed by atoms with Gasteiger partial charge in [-0.05, 0) is 72.1 Å². The van der Waals surface area contributed by atoms with Gasteiger partial charge >= 0.3 is 0 Å². The number of aromatic amines is 1. The summed E-state index contributed by atoms with van der Waals surface area (Å²) < 4.78 is 15.5. The number of carbonyl (C=O) groups excluding carboxylic acids is 1. The normalized spacial score (nSPS) is 14.3. The minimum Gasteiger partial charge on any atom is -0.497 e. The predicted molar refractivity (Wildman–Crippen MR) is 143 cm³/mol. The van der Waals surface area contributed by atoms with Crippen molar-refractivity contribution in [2.24, 2.45) is 0 Å². The molecule has 4 aromatic rings. The van der Waals surface area contributed by atoms with Gasteiger partial charge in [0.1, 0.15) is 23.9 Å². The summed E-state index contributed by atoms with van der Waals surface area (Å²) in [7, 11) is 3.28. The number of fused-ring (bicyclic) bond motifs is 3. The molecule has 36 heavy (non-hydrogen) atoms. The molecule has 1 N–H and O–H groups in total. The zero-order chi connectivity index (χ0) is 25.5. The lowest BCUT2D eigenvalue weighted by molar-refractivity contribution is -0.120. The molecule has 186 valence electrons. The smallest absolute Gasteiger partial charge is 0.210 e. The summed E-state index contributed by atoms with van der Waals surface area (Å²) in [4.78, 5) is 17.0. The third kappa shape index (κ3) is 5.50. The van der Waals surface area contributed by atoms with Gasteiger partial charge in [-0.2, -0.15) is 0 Å². The van der Waals surface area contributed by atoms with E-state index in [2.05, 4.69) is 11.6 Å². The molecule has 0 fully saturated rings. The minimum atomic E-state index is -0.143. The highest BCUT2D eigenvalue weighted by Gasteiger charge is 2.31. The van der Waals surface area contributed by atoms with E-state index in [4.69, 9.17) is 25.8 Å². The van der Waals surface area contributed by atoms with Gasteiger partial charge in [0, 0.05) is 28.2 Å². The maximum absolute atomic E-state index is 11.7. The van der Waals surface area contributed by atoms with Crippen molar-refractivity contribution in [3.63, 3.8) is 0 Å². The molecule has 1 unspecified atom stereocenters. The first-order valence-electron chi connectivity index (χ1n) is 11.6. The number of methoxy groups -OCH3 is 2. The number of carbonyl (C=O) groups is 1. The molecule has 2 heterocycles. The van der Waals surface area contributed by atoms with Gasteiger partial charge in [-0.3, -0.25) is 4.79 Å². The number of amides is 1. The molecule has 0 saturated carbocycles. The van der Waals surface area contributed by atoms with Crippen LogP contribution in [0.15, 0.2) is 79.4 Å². The van der Waals surface area contributed by atoms with Gasteiger partial charge in [0.15, 0.2) is 0 Å². The van der Waals surface area contributed by atoms with Crippen molar-refractivity contribution in [1.29, 1.82) is 0 Å². The number of halogens is 1. The Morgan fingerprint density at radius 1 is 1.00 bits per heavy atom. The van der Waals surface area contributed by atoms with E-state index in [0.29, 0.717) is 13.2 Å². The van der Waals surface area contributed by atoms with E-state index in [1.165, 1.54) is 5.56 Å². The second kappa shape index (κ2) is 11.7. The second-order valence-corrected chi connectivity index (χ2v) is 8.69. The van der Waals surface area contributed by atoms with Crippen LogP contribution in [-0.4, -0.2) is 43.7 Å². The minimum absolute atomic E-state index is 0.143. The maximum Gasteiger partial charge on any atom is 0.210 e. The predicted octanol–water partition coefficient (Wildman–Crippen LogP) is 6.19. The first-order valence-corrected chi connectivity index (χ1v) is 12.0. The summed E-state index contributed by atoms with van der Waals surface area (Å²) in [6, 6.07) is 21.0. The molecule has 1 atom stereocenters. The fourth-order valence-electron chi connectivity index (χ4n) is 4.36. The molecule has 1 amide bonds. The zero-order valence-electron chi connectivity index (χ0n) is 20.4. The van der Waals surface area contributed by atoms with Gasteiger partial charge in [0.05, 0.1) is 20.3 Å². The Bertz CT molecular complexity index is 1290. The summed E-state index contributed by atoms with van der Waals surface area (Å²) in [5.74, 6) is 2.48. The van der Waals surface area contributed by atoms with Gasteiger partial charge in [-0.1, -0.05) is 36.4 Å². The van der Waals surface area contributed by atoms with Crippen molar-refractivity contribution in [2.75, 3.05) is 27.4 Å². The van der Waals surface area contributed by atoms with E-state index in [9.17, 15) is 4.79 Å². The molecule has 0 saturated heterocycles. The van der Waals surface area contributed by atoms with Crippen molar-refractivity contribution < 1.29 is 19.0 Å². The lowest BCUT2D eigenvalue weighted by atomic mass is 9.93. The first kappa shape index (κ1) is 25.2. The monoisotopic (exact) mass is 504 g/mol. The summed E-state index contributed by atoms with van der Waals surface area (Å²) >= 11 is 6.19. The van der Waals surface area contributed by atoms with E-state index in [1.807, 2.05) is 71.6 Å². The van der Waals surface area contributed by atoms with E-state index in [0.717, 1.165) is 57.3 Å². The average molecular weight is 505 g/mol. The highest BCUT2D eigenvalue weighted by Crippen LogP contribution is 2.38. The van der Waals surface area contributed by atoms with Crippen LogP contribution in [0.5, 0.6) is 17.2 Å². The Kier molecular flexibility index (Phi) is 8.18. The molecular weight excluding hydrogens is 476 g/mol. The SMILES string of the molecule is C=CCOc1ccc(C2c3[nH]c4ccc(Cl)cc4c3CCN2C=O)cc1.COc1ccc(OC)cc1. The van der Waals surface area contributed by atoms with Crippen LogP contribution >= 0.6 is 11.6 Å². The number of nitrogens with zero attached hydrogens (tertiary/aromatic N) is 1. The van der Waals surface area contributed by atoms with Gasteiger partial charge in [-0.15, -0.1) is 0 Å². The third-order valence-electron chi connectivity index (χ3n) is 6.12. The fourth-order valence-corrected chi connectivity index (χ4v) is 4.54. The van der Waals surface area contributed by atoms with Gasteiger partial charge in [-0.25, -0.2) is 0 Å². The second-order valence-electron chi connectivity index (χ2n) is 8.25. The Morgan fingerprint density at radius 3 is 2.22 bits per heavy atom. The van der Waals surface area contributed by atoms with Crippen LogP contribution in [0.3, 0.4) is 0 Å². The fraction of sp³-hybridized carbons (Fsp3) is 0.207. The topological polar surface area (TPSA) is 63.8 Å². The molecule has 0 aliphatic carbocycles. The molecular formula is C29H29ClN2O4. The van der Waals surface area contributed by atoms with Crippen molar-refractivity contribution in [1.82, 2.24) is 9.88 Å². The third-order valence-corrected chi connectivity index (χ3v) is 6.36. The highest BCUT2D eigenvalue weighted by atomic mass is 35.5. The van der Waals surface area contributed by atoms with Crippen molar-refractivity contribution in [3.8, 4) is 17.2 Å². The van der Waals surface area contributed by atoms with E-state index < -0.39 is 0 Å². The molecule has 5 rings (SSSR count). The Balaban J connectivity index is 0.000000256. The molecule has 6 nitrogen and oxygen atoms in total. The molecule has 3 aromatic carbocycles. The molecule has 1 aliphatic heterocycles. The van der Waals surface area contributed by atoms with Gasteiger partial charge in [0.2, 0.25) is 6.41 Å². The number of hydrogen-bond donors (Lipinski definition) is 1. The summed E-state index contributed by atoms with van der Waals surface area (Å²) in [6.45, 7) is 4.80. The van der Waals surface area contributed by atoms with Crippen LogP contribution in [0.1, 0.15) is 22.9 Å². The molecule has 7 heteroatoms. The summed E-state index contributed by atoms with van der Waals surface area (Å²) in [5.41, 5.74) is 4.38. The van der Waals surface area contributed by atoms with Crippen LogP contribution < -0.4 is 14.2 Å². The Morgan fingerprint density at radius 2 is 1.64 bits per heavy atom. The largest absolute Gasteiger partial charge is 0.497 e. The quantitative estimate of drug-likeness (QED) is 0.240. The summed E-state index contributed by atoms with van der Waals surface area (Å²) in [6.07, 6.45) is 3.45. The Labute approximate surface area is 216 Å². The molecule has 0 bridgehead atoms. The highest BCUT2D eigenvalue weighted by molar-refractivity contribution is 6.31. The number of H-pyrrole nitrogens is 1. The molecule has 1 aromatic heterocycles. The van der Waals surface area contributed by atoms with E-state index in [-0.39, 0.29) is 6.04 Å². The number of hydrogen-bond acceptors (Lipinski definition) is 4. The van der Waals surface area contributed by atoms with Crippen LogP contribution in [0.2, 0.25) is 5.02 Å². The number of rotatable bonds is 7. The van der Waals surface area contributed by atoms with Crippen LogP contribution in [0.4, 0.5) is 0 Å². The molecule has 0 spiro atoms. The van der Waals surface area contributed by atoms with Gasteiger partial charge < -0.3 is 24.1 Å². The number of aromatic nitrogens is 1. The summed E-state index contributed by atoms with van der Waals surface area (Å²) in [5, 5.41) is 1.85. The van der Waals surface area contributed by atoms with E-state index in [1.54, 1.807) is 20.3 Å². The van der Waals surface area contributed by atoms with Crippen LogP contribution in [-0.2, 0) is 11.2 Å². The standard InChI is InChI=1S/C21H19ClN2O2.C8H10O2/c1-2-11-26-16-6-3-14(4-7-16)21-20-17(9-10-24(21)13-25)18-12-15(22)5-8-19(18)23-20;1-9-7-3-5-8(10-2)6-4-7/h2-8,12-13,21,23H,1,9-11H2;3-6H,1-2H3. The number of ether oxygens (including phenoxy) is 3. The van der Waals surface area contributed by atoms with E-state index >= 15 is 0 Å².